The third-order valence-corrected chi connectivity index (χ3v) is 27.5. The van der Waals surface area contributed by atoms with Gasteiger partial charge in [-0.25, -0.2) is 0 Å². The van der Waals surface area contributed by atoms with Crippen LogP contribution < -0.4 is 0 Å². The molecule has 16 rings (SSSR count). The highest BCUT2D eigenvalue weighted by molar-refractivity contribution is 5.78. The molecule has 0 saturated carbocycles. The third kappa shape index (κ3) is 28.6. The van der Waals surface area contributed by atoms with Crippen molar-refractivity contribution in [1.82, 2.24) is 0 Å². The lowest BCUT2D eigenvalue weighted by atomic mass is 9.84. The van der Waals surface area contributed by atoms with Crippen LogP contribution in [0.2, 0.25) is 0 Å². The van der Waals surface area contributed by atoms with Crippen LogP contribution in [0.1, 0.15) is 237 Å². The SMILES string of the molecule is Cc1cc(C)c(-c2cc(C)c(C)c(C)c2)c(C)c1.Cc1ccc(-c2cc(C)c(C)c(C)c2)c(C)c1.Cc1ccc(-c2ccc(C)c(C)c2)c(C)c1.Cc1ccc(-c2ccc(C)c(C)c2)c(C)c1.Cc1ccc(-c2ccc(C)c(C)c2)c(C)c1.Cc1ccc(-c2ccccc2C)cc1C.Cc1ccc(-c2ccccc2C)cc1C.[2H]C(C)(C)c1cc(-c2c(C)cc(C)cc2C)cc(C([2H])(C)C)c1C. The molecule has 0 aliphatic rings. The Labute approximate surface area is 821 Å². The van der Waals surface area contributed by atoms with Crippen molar-refractivity contribution in [1.29, 1.82) is 0 Å². The van der Waals surface area contributed by atoms with Gasteiger partial charge >= 0.3 is 0 Å². The maximum absolute atomic E-state index is 8.55. The van der Waals surface area contributed by atoms with Gasteiger partial charge in [-0.15, -0.1) is 0 Å². The van der Waals surface area contributed by atoms with E-state index in [9.17, 15) is 0 Å². The Hall–Kier alpha value is -12.5. The molecule has 0 radical (unpaired) electrons. The molecule has 0 nitrogen and oxygen atoms in total. The molecule has 0 aliphatic heterocycles. The molecular weight excluding hydrogens is 1620 g/mol. The molecule has 0 aliphatic carbocycles. The number of rotatable bonds is 10. The fourth-order valence-corrected chi connectivity index (χ4v) is 18.4. The van der Waals surface area contributed by atoms with Crippen LogP contribution in [0.4, 0.5) is 0 Å². The molecule has 16 aromatic rings. The molecule has 698 valence electrons. The Balaban J connectivity index is 0.000000176. The van der Waals surface area contributed by atoms with Crippen LogP contribution in [0.25, 0.3) is 89.0 Å². The molecule has 0 N–H and O–H groups in total. The lowest BCUT2D eigenvalue weighted by Gasteiger charge is -2.21. The molecular formula is C135H158. The van der Waals surface area contributed by atoms with Gasteiger partial charge < -0.3 is 0 Å². The van der Waals surface area contributed by atoms with Gasteiger partial charge in [-0.1, -0.05) is 334 Å². The van der Waals surface area contributed by atoms with Gasteiger partial charge in [-0.2, -0.15) is 0 Å². The van der Waals surface area contributed by atoms with E-state index in [1.807, 2.05) is 27.7 Å². The number of hydrogen-bond acceptors (Lipinski definition) is 0. The lowest BCUT2D eigenvalue weighted by Crippen LogP contribution is -2.02. The molecule has 135 heavy (non-hydrogen) atoms. The Morgan fingerprint density at radius 2 is 0.341 bits per heavy atom. The van der Waals surface area contributed by atoms with Gasteiger partial charge in [-0.3, -0.25) is 0 Å². The van der Waals surface area contributed by atoms with Crippen molar-refractivity contribution in [3.05, 3.63) is 468 Å². The summed E-state index contributed by atoms with van der Waals surface area (Å²) >= 11 is 0. The summed E-state index contributed by atoms with van der Waals surface area (Å²) in [7, 11) is 0. The number of aryl methyl sites for hydroxylation is 30. The second-order valence-electron chi connectivity index (χ2n) is 39.6. The van der Waals surface area contributed by atoms with Crippen LogP contribution in [-0.2, 0) is 0 Å². The van der Waals surface area contributed by atoms with Crippen molar-refractivity contribution < 1.29 is 2.74 Å². The summed E-state index contributed by atoms with van der Waals surface area (Å²) in [6.07, 6.45) is 0. The van der Waals surface area contributed by atoms with E-state index in [2.05, 4.69) is 501 Å². The zero-order chi connectivity index (χ0) is 101. The second-order valence-corrected chi connectivity index (χ2v) is 39.6. The number of hydrogen-bond donors (Lipinski definition) is 0. The van der Waals surface area contributed by atoms with Gasteiger partial charge in [0.05, 0.1) is 0 Å². The first-order valence-electron chi connectivity index (χ1n) is 49.6. The number of benzene rings is 16. The molecule has 16 aromatic carbocycles. The highest BCUT2D eigenvalue weighted by Crippen LogP contribution is 2.39. The first-order chi connectivity index (χ1) is 64.3. The second kappa shape index (κ2) is 48.1. The maximum Gasteiger partial charge on any atom is 0.0347 e. The zero-order valence-electron chi connectivity index (χ0n) is 91.5. The quantitative estimate of drug-likeness (QED) is 0.128. The van der Waals surface area contributed by atoms with E-state index in [4.69, 9.17) is 2.74 Å². The minimum absolute atomic E-state index is 0.688. The van der Waals surface area contributed by atoms with E-state index >= 15 is 0 Å². The standard InChI is InChI=1S/C22H30.C18H22.C17H20.3C16H18.2C15H16/c1-13(2)20-11-19(12-21(14(3)4)18(20)8)22-16(6)9-15(5)10-17(22)7;1-11-7-14(4)18(15(5)8-11)17-9-12(2)16(6)13(3)10-17;1-11-6-7-17(14(4)8-11)16-9-12(2)15(5)13(3)10-16;3*1-11-5-8-16(14(4)9-11)15-7-6-12(2)13(3)10-15;2*1-11-8-9-14(10-13(11)3)15-7-5-4-6-12(15)2/h9-14H,1-8H3;7-10H,1-6H3;6-10H,1-5H3;3*5-10H,1-4H3;2*4-10H,1-3H3/i13D,14D;;;;;;;. The molecule has 0 heterocycles. The van der Waals surface area contributed by atoms with Crippen molar-refractivity contribution in [2.75, 3.05) is 0 Å². The topological polar surface area (TPSA) is 0 Å². The Kier molecular flexibility index (Phi) is 36.7. The van der Waals surface area contributed by atoms with Crippen LogP contribution in [0, 0.1) is 228 Å². The molecule has 0 bridgehead atoms. The van der Waals surface area contributed by atoms with E-state index in [0.717, 1.165) is 22.3 Å². The van der Waals surface area contributed by atoms with Gasteiger partial charge in [0.1, 0.15) is 0 Å². The zero-order valence-corrected chi connectivity index (χ0v) is 89.5. The fraction of sp³-hybridized carbons (Fsp3) is 0.289. The van der Waals surface area contributed by atoms with Crippen LogP contribution in [0.15, 0.2) is 273 Å². The van der Waals surface area contributed by atoms with Crippen LogP contribution in [0.3, 0.4) is 0 Å². The summed E-state index contributed by atoms with van der Waals surface area (Å²) in [4.78, 5) is 0. The molecule has 0 heteroatoms. The van der Waals surface area contributed by atoms with Crippen molar-refractivity contribution in [2.24, 2.45) is 0 Å². The van der Waals surface area contributed by atoms with Gasteiger partial charge in [0.15, 0.2) is 0 Å². The van der Waals surface area contributed by atoms with Crippen molar-refractivity contribution in [3.63, 3.8) is 0 Å². The first-order valence-corrected chi connectivity index (χ1v) is 48.6. The van der Waals surface area contributed by atoms with Gasteiger partial charge in [0.25, 0.3) is 0 Å². The van der Waals surface area contributed by atoms with E-state index in [0.29, 0.717) is 0 Å². The summed E-state index contributed by atoms with van der Waals surface area (Å²) < 4.78 is 17.1. The molecule has 0 amide bonds. The molecule has 0 unspecified atom stereocenters. The molecule has 0 spiro atoms. The van der Waals surface area contributed by atoms with Crippen LogP contribution in [0.5, 0.6) is 0 Å². The average molecular weight is 1780 g/mol. The highest BCUT2D eigenvalue weighted by atomic mass is 14.2. The smallest absolute Gasteiger partial charge is 0.0347 e. The summed E-state index contributed by atoms with van der Waals surface area (Å²) in [6.45, 7) is 79.1. The normalized spacial score (nSPS) is 11.1. The van der Waals surface area contributed by atoms with Crippen LogP contribution >= 0.6 is 0 Å². The van der Waals surface area contributed by atoms with Gasteiger partial charge in [-0.05, 0) is 491 Å². The Morgan fingerprint density at radius 1 is 0.141 bits per heavy atom. The van der Waals surface area contributed by atoms with Gasteiger partial charge in [0, 0.05) is 2.74 Å². The maximum atomic E-state index is 8.55. The summed E-state index contributed by atoms with van der Waals surface area (Å²) in [5.41, 5.74) is 67.3. The molecule has 0 fully saturated rings. The predicted molar refractivity (Wildman–Crippen MR) is 600 cm³/mol. The van der Waals surface area contributed by atoms with Crippen molar-refractivity contribution >= 4 is 0 Å². The highest BCUT2D eigenvalue weighted by Gasteiger charge is 2.18. The largest absolute Gasteiger partial charge is 0.0620 e. The summed E-state index contributed by atoms with van der Waals surface area (Å²) in [6, 6.07) is 99.4. The molecule has 0 atom stereocenters. The first kappa shape index (κ1) is 103. The molecule has 0 saturated heterocycles. The van der Waals surface area contributed by atoms with E-state index in [1.165, 1.54) is 261 Å². The monoisotopic (exact) mass is 1780 g/mol. The third-order valence-electron chi connectivity index (χ3n) is 27.5. The van der Waals surface area contributed by atoms with E-state index in [1.54, 1.807) is 0 Å². The van der Waals surface area contributed by atoms with E-state index in [-0.39, 0.29) is 0 Å². The van der Waals surface area contributed by atoms with Crippen molar-refractivity contribution in [2.45, 2.75) is 268 Å². The summed E-state index contributed by atoms with van der Waals surface area (Å²) in [5.74, 6) is -1.38. The minimum Gasteiger partial charge on any atom is -0.0620 e. The van der Waals surface area contributed by atoms with Crippen LogP contribution in [-0.4, -0.2) is 0 Å². The predicted octanol–water partition coefficient (Wildman–Crippen LogP) is 39.3. The Bertz CT molecular complexity index is 6510. The Morgan fingerprint density at radius 3 is 0.563 bits per heavy atom. The fourth-order valence-electron chi connectivity index (χ4n) is 18.4. The lowest BCUT2D eigenvalue weighted by molar-refractivity contribution is 0.818. The average Bonchev–Trinajstić information content (AvgIpc) is 0.759. The van der Waals surface area contributed by atoms with Crippen molar-refractivity contribution in [3.8, 4) is 89.0 Å². The minimum atomic E-state index is -0.688. The molecule has 0 aromatic heterocycles. The van der Waals surface area contributed by atoms with Gasteiger partial charge in [0.2, 0.25) is 0 Å². The summed E-state index contributed by atoms with van der Waals surface area (Å²) in [5, 5.41) is 0. The van der Waals surface area contributed by atoms with E-state index < -0.39 is 11.8 Å².